The molecule has 0 spiro atoms. The van der Waals surface area contributed by atoms with Crippen LogP contribution in [-0.2, 0) is 4.79 Å². The normalized spacial score (nSPS) is 19.2. The molecule has 3 heteroatoms. The number of carbonyl (C=O) groups is 1. The molecule has 1 amide bonds. The Morgan fingerprint density at radius 3 is 2.70 bits per heavy atom. The zero-order chi connectivity index (χ0) is 14.4. The Hall–Kier alpha value is -1.61. The summed E-state index contributed by atoms with van der Waals surface area (Å²) >= 11 is 0. The second-order valence-corrected chi connectivity index (χ2v) is 5.66. The summed E-state index contributed by atoms with van der Waals surface area (Å²) in [5.41, 5.74) is 1.23. The molecule has 1 N–H and O–H groups in total. The minimum atomic E-state index is 0.193. The quantitative estimate of drug-likeness (QED) is 0.863. The van der Waals surface area contributed by atoms with Crippen LogP contribution in [0.5, 0.6) is 0 Å². The van der Waals surface area contributed by atoms with Gasteiger partial charge in [0.05, 0.1) is 0 Å². The van der Waals surface area contributed by atoms with E-state index in [1.807, 2.05) is 18.2 Å². The van der Waals surface area contributed by atoms with Crippen LogP contribution in [0.25, 0.3) is 6.08 Å². The van der Waals surface area contributed by atoms with E-state index < -0.39 is 0 Å². The SMILES string of the molecule is CC(C)N(C/C=C/c1ccccc1)C[C@@H]1CCC(=O)N1. The number of benzene rings is 1. The molecule has 3 nitrogen and oxygen atoms in total. The number of hydrogen-bond donors (Lipinski definition) is 1. The molecule has 108 valence electrons. The van der Waals surface area contributed by atoms with Gasteiger partial charge in [0.1, 0.15) is 0 Å². The zero-order valence-electron chi connectivity index (χ0n) is 12.4. The van der Waals surface area contributed by atoms with Crippen LogP contribution < -0.4 is 5.32 Å². The molecule has 0 bridgehead atoms. The fourth-order valence-corrected chi connectivity index (χ4v) is 2.48. The number of hydrogen-bond acceptors (Lipinski definition) is 2. The van der Waals surface area contributed by atoms with Crippen molar-refractivity contribution in [1.82, 2.24) is 10.2 Å². The summed E-state index contributed by atoms with van der Waals surface area (Å²) in [7, 11) is 0. The second-order valence-electron chi connectivity index (χ2n) is 5.66. The van der Waals surface area contributed by atoms with Crippen molar-refractivity contribution < 1.29 is 4.79 Å². The molecule has 1 aliphatic heterocycles. The van der Waals surface area contributed by atoms with Crippen molar-refractivity contribution >= 4 is 12.0 Å². The van der Waals surface area contributed by atoms with E-state index in [4.69, 9.17) is 0 Å². The lowest BCUT2D eigenvalue weighted by Gasteiger charge is -2.27. The summed E-state index contributed by atoms with van der Waals surface area (Å²) in [6, 6.07) is 11.1. The highest BCUT2D eigenvalue weighted by Gasteiger charge is 2.23. The molecule has 1 aromatic carbocycles. The number of amides is 1. The monoisotopic (exact) mass is 272 g/mol. The third kappa shape index (κ3) is 4.49. The van der Waals surface area contributed by atoms with Crippen LogP contribution in [-0.4, -0.2) is 36.0 Å². The maximum atomic E-state index is 11.3. The minimum absolute atomic E-state index is 0.193. The summed E-state index contributed by atoms with van der Waals surface area (Å²) in [6.45, 7) is 6.25. The summed E-state index contributed by atoms with van der Waals surface area (Å²) in [5, 5.41) is 3.04. The molecule has 0 aliphatic carbocycles. The number of carbonyl (C=O) groups excluding carboxylic acids is 1. The fraction of sp³-hybridized carbons (Fsp3) is 0.471. The van der Waals surface area contributed by atoms with E-state index >= 15 is 0 Å². The number of nitrogens with one attached hydrogen (secondary N) is 1. The van der Waals surface area contributed by atoms with Gasteiger partial charge in [0.25, 0.3) is 0 Å². The molecule has 1 heterocycles. The van der Waals surface area contributed by atoms with Crippen LogP contribution in [0, 0.1) is 0 Å². The smallest absolute Gasteiger partial charge is 0.220 e. The van der Waals surface area contributed by atoms with E-state index in [-0.39, 0.29) is 5.91 Å². The standard InChI is InChI=1S/C17H24N2O/c1-14(2)19(13-16-10-11-17(20)18-16)12-6-9-15-7-4-3-5-8-15/h3-9,14,16H,10-13H2,1-2H3,(H,18,20)/b9-6+/t16-/m0/s1. The first kappa shape index (κ1) is 14.8. The van der Waals surface area contributed by atoms with Gasteiger partial charge in [-0.25, -0.2) is 0 Å². The van der Waals surface area contributed by atoms with Gasteiger partial charge >= 0.3 is 0 Å². The average Bonchev–Trinajstić information content (AvgIpc) is 2.84. The Kier molecular flexibility index (Phi) is 5.36. The molecule has 1 aromatic rings. The Morgan fingerprint density at radius 2 is 2.10 bits per heavy atom. The van der Waals surface area contributed by atoms with Gasteiger partial charge in [-0.1, -0.05) is 42.5 Å². The van der Waals surface area contributed by atoms with Gasteiger partial charge in [-0.05, 0) is 25.8 Å². The average molecular weight is 272 g/mol. The lowest BCUT2D eigenvalue weighted by atomic mass is 10.1. The van der Waals surface area contributed by atoms with Gasteiger partial charge in [-0.15, -0.1) is 0 Å². The first-order chi connectivity index (χ1) is 9.65. The lowest BCUT2D eigenvalue weighted by molar-refractivity contribution is -0.119. The van der Waals surface area contributed by atoms with E-state index in [0.29, 0.717) is 18.5 Å². The summed E-state index contributed by atoms with van der Waals surface area (Å²) in [5.74, 6) is 0.193. The molecule has 0 radical (unpaired) electrons. The van der Waals surface area contributed by atoms with Crippen LogP contribution in [0.2, 0.25) is 0 Å². The molecule has 1 atom stereocenters. The van der Waals surface area contributed by atoms with Gasteiger partial charge in [-0.2, -0.15) is 0 Å². The molecule has 1 fully saturated rings. The second kappa shape index (κ2) is 7.25. The summed E-state index contributed by atoms with van der Waals surface area (Å²) in [6.07, 6.45) is 6.00. The van der Waals surface area contributed by atoms with E-state index in [1.54, 1.807) is 0 Å². The van der Waals surface area contributed by atoms with Crippen LogP contribution in [0.3, 0.4) is 0 Å². The Bertz CT molecular complexity index is 453. The molecular formula is C17H24N2O. The van der Waals surface area contributed by atoms with E-state index in [2.05, 4.69) is 48.3 Å². The third-order valence-electron chi connectivity index (χ3n) is 3.72. The largest absolute Gasteiger partial charge is 0.352 e. The van der Waals surface area contributed by atoms with Crippen molar-refractivity contribution in [3.63, 3.8) is 0 Å². The van der Waals surface area contributed by atoms with Crippen molar-refractivity contribution in [2.45, 2.75) is 38.8 Å². The van der Waals surface area contributed by atoms with Crippen LogP contribution in [0.4, 0.5) is 0 Å². The minimum Gasteiger partial charge on any atom is -0.352 e. The third-order valence-corrected chi connectivity index (χ3v) is 3.72. The Morgan fingerprint density at radius 1 is 1.35 bits per heavy atom. The van der Waals surface area contributed by atoms with Gasteiger partial charge in [0, 0.05) is 31.6 Å². The van der Waals surface area contributed by atoms with Crippen molar-refractivity contribution in [3.05, 3.63) is 42.0 Å². The zero-order valence-corrected chi connectivity index (χ0v) is 12.4. The predicted octanol–water partition coefficient (Wildman–Crippen LogP) is 2.69. The molecular weight excluding hydrogens is 248 g/mol. The van der Waals surface area contributed by atoms with Gasteiger partial charge in [0.15, 0.2) is 0 Å². The van der Waals surface area contributed by atoms with Crippen molar-refractivity contribution in [1.29, 1.82) is 0 Å². The fourth-order valence-electron chi connectivity index (χ4n) is 2.48. The lowest BCUT2D eigenvalue weighted by Crippen LogP contribution is -2.42. The number of rotatable bonds is 6. The van der Waals surface area contributed by atoms with Gasteiger partial charge in [-0.3, -0.25) is 9.69 Å². The maximum Gasteiger partial charge on any atom is 0.220 e. The highest BCUT2D eigenvalue weighted by molar-refractivity contribution is 5.78. The summed E-state index contributed by atoms with van der Waals surface area (Å²) in [4.78, 5) is 13.7. The first-order valence-electron chi connectivity index (χ1n) is 7.40. The number of nitrogens with zero attached hydrogens (tertiary/aromatic N) is 1. The first-order valence-corrected chi connectivity index (χ1v) is 7.40. The van der Waals surface area contributed by atoms with Crippen LogP contribution in [0.1, 0.15) is 32.3 Å². The highest BCUT2D eigenvalue weighted by Crippen LogP contribution is 2.11. The molecule has 20 heavy (non-hydrogen) atoms. The van der Waals surface area contributed by atoms with Gasteiger partial charge < -0.3 is 5.32 Å². The molecule has 1 saturated heterocycles. The van der Waals surface area contributed by atoms with E-state index in [1.165, 1.54) is 5.56 Å². The van der Waals surface area contributed by atoms with E-state index in [9.17, 15) is 4.79 Å². The molecule has 0 aromatic heterocycles. The highest BCUT2D eigenvalue weighted by atomic mass is 16.1. The Balaban J connectivity index is 1.86. The summed E-state index contributed by atoms with van der Waals surface area (Å²) < 4.78 is 0. The van der Waals surface area contributed by atoms with Crippen molar-refractivity contribution in [3.8, 4) is 0 Å². The molecule has 2 rings (SSSR count). The molecule has 1 aliphatic rings. The predicted molar refractivity (Wildman–Crippen MR) is 83.3 cm³/mol. The van der Waals surface area contributed by atoms with Crippen LogP contribution in [0.15, 0.2) is 36.4 Å². The van der Waals surface area contributed by atoms with E-state index in [0.717, 1.165) is 19.5 Å². The Labute approximate surface area is 121 Å². The maximum absolute atomic E-state index is 11.3. The van der Waals surface area contributed by atoms with Crippen molar-refractivity contribution in [2.24, 2.45) is 0 Å². The topological polar surface area (TPSA) is 32.3 Å². The van der Waals surface area contributed by atoms with Crippen molar-refractivity contribution in [2.75, 3.05) is 13.1 Å². The molecule has 0 unspecified atom stereocenters. The van der Waals surface area contributed by atoms with Crippen LogP contribution >= 0.6 is 0 Å². The molecule has 0 saturated carbocycles. The van der Waals surface area contributed by atoms with Gasteiger partial charge in [0.2, 0.25) is 5.91 Å².